The van der Waals surface area contributed by atoms with E-state index in [1.54, 1.807) is 0 Å². The fraction of sp³-hybridized carbons (Fsp3) is 0.478. The lowest BCUT2D eigenvalue weighted by Crippen LogP contribution is -2.48. The van der Waals surface area contributed by atoms with Crippen LogP contribution in [0.1, 0.15) is 61.3 Å². The predicted molar refractivity (Wildman–Crippen MR) is 123 cm³/mol. The van der Waals surface area contributed by atoms with Gasteiger partial charge in [0.05, 0.1) is 12.2 Å². The number of halogens is 1. The number of carbonyl (C=O) groups excluding carboxylic acids is 1. The van der Waals surface area contributed by atoms with Crippen molar-refractivity contribution >= 4 is 33.8 Å². The maximum atomic E-state index is 12.7. The number of piperidine rings is 1. The summed E-state index contributed by atoms with van der Waals surface area (Å²) in [5, 5.41) is 12.7. The Morgan fingerprint density at radius 1 is 1.25 bits per heavy atom. The number of aromatic nitrogens is 2. The summed E-state index contributed by atoms with van der Waals surface area (Å²) in [7, 11) is 0. The molecule has 32 heavy (non-hydrogen) atoms. The van der Waals surface area contributed by atoms with Crippen molar-refractivity contribution in [1.29, 1.82) is 0 Å². The molecule has 2 aliphatic rings. The van der Waals surface area contributed by atoms with E-state index in [2.05, 4.69) is 43.3 Å². The Morgan fingerprint density at radius 3 is 2.59 bits per heavy atom. The second kappa shape index (κ2) is 8.35. The van der Waals surface area contributed by atoms with Crippen LogP contribution in [-0.4, -0.2) is 45.8 Å². The van der Waals surface area contributed by atoms with E-state index in [-0.39, 0.29) is 17.2 Å². The summed E-state index contributed by atoms with van der Waals surface area (Å²) in [5.41, 5.74) is 1.56. The number of nitrogens with zero attached hydrogens (tertiary/aromatic N) is 3. The third-order valence-electron chi connectivity index (χ3n) is 6.17. The van der Waals surface area contributed by atoms with Gasteiger partial charge in [0.25, 0.3) is 0 Å². The van der Waals surface area contributed by atoms with Crippen molar-refractivity contribution in [3.05, 3.63) is 51.9 Å². The van der Waals surface area contributed by atoms with Crippen molar-refractivity contribution in [2.24, 2.45) is 5.41 Å². The molecule has 1 saturated heterocycles. The van der Waals surface area contributed by atoms with Crippen LogP contribution in [0.2, 0.25) is 0 Å². The Morgan fingerprint density at radius 2 is 1.94 bits per heavy atom. The molecule has 1 aliphatic carbocycles. The lowest BCUT2D eigenvalue weighted by Gasteiger charge is -2.44. The zero-order valence-electron chi connectivity index (χ0n) is 18.4. The molecule has 1 spiro atoms. The molecule has 1 fully saturated rings. The number of ether oxygens (including phenoxy) is 1. The van der Waals surface area contributed by atoms with Gasteiger partial charge in [-0.15, -0.1) is 0 Å². The number of hydrogen-bond acceptors (Lipinski definition) is 6. The predicted octanol–water partition coefficient (Wildman–Crippen LogP) is 4.35. The molecule has 0 unspecified atom stereocenters. The average molecular weight is 503 g/mol. The Bertz CT molecular complexity index is 1040. The second-order valence-electron chi connectivity index (χ2n) is 9.47. The second-order valence-corrected chi connectivity index (χ2v) is 10.3. The quantitative estimate of drug-likeness (QED) is 0.642. The summed E-state index contributed by atoms with van der Waals surface area (Å²) >= 11 is 3.20. The number of carboxylic acids is 1. The first-order chi connectivity index (χ1) is 15.1. The molecule has 1 aliphatic heterocycles. The molecular weight excluding hydrogens is 476 g/mol. The maximum absolute atomic E-state index is 12.7. The molecule has 0 saturated carbocycles. The van der Waals surface area contributed by atoms with Gasteiger partial charge in [-0.1, -0.05) is 24.3 Å². The smallest absolute Gasteiger partial charge is 0.408 e. The van der Waals surface area contributed by atoms with Crippen molar-refractivity contribution in [2.75, 3.05) is 18.0 Å². The molecule has 2 heterocycles. The van der Waals surface area contributed by atoms with E-state index in [1.807, 2.05) is 37.8 Å². The highest BCUT2D eigenvalue weighted by molar-refractivity contribution is 9.10. The zero-order chi connectivity index (χ0) is 23.1. The number of carboxylic acid groups (broad SMARTS) is 1. The number of hydrogen-bond donors (Lipinski definition) is 2. The summed E-state index contributed by atoms with van der Waals surface area (Å²) in [4.78, 5) is 34.7. The topological polar surface area (TPSA) is 105 Å². The standard InChI is InChI=1S/C23H27BrN4O4/c1-22(2,3)32-21(31)27-18-15-7-5-4-6-14(15)12-23(18)8-10-28(11-9-23)19-17(20(29)30)26-16(24)13-25-19/h4-7,13,18H,8-12H2,1-3H3,(H,27,31)(H,29,30)/t18-/m1/s1. The summed E-state index contributed by atoms with van der Waals surface area (Å²) < 4.78 is 5.93. The van der Waals surface area contributed by atoms with Gasteiger partial charge >= 0.3 is 12.1 Å². The number of nitrogens with one attached hydrogen (secondary N) is 1. The minimum Gasteiger partial charge on any atom is -0.476 e. The van der Waals surface area contributed by atoms with Gasteiger partial charge in [0.1, 0.15) is 10.2 Å². The highest BCUT2D eigenvalue weighted by Crippen LogP contribution is 2.52. The van der Waals surface area contributed by atoms with Crippen LogP contribution in [0.15, 0.2) is 35.1 Å². The number of rotatable bonds is 3. The molecule has 4 rings (SSSR count). The third-order valence-corrected chi connectivity index (χ3v) is 6.55. The number of aromatic carboxylic acids is 1. The highest BCUT2D eigenvalue weighted by atomic mass is 79.9. The summed E-state index contributed by atoms with van der Waals surface area (Å²) in [5.74, 6) is -0.727. The monoisotopic (exact) mass is 502 g/mol. The van der Waals surface area contributed by atoms with Gasteiger partial charge in [-0.3, -0.25) is 0 Å². The summed E-state index contributed by atoms with van der Waals surface area (Å²) in [6.07, 6.45) is 3.50. The molecule has 0 bridgehead atoms. The van der Waals surface area contributed by atoms with Gasteiger partial charge < -0.3 is 20.1 Å². The minimum atomic E-state index is -1.10. The molecule has 8 nitrogen and oxygen atoms in total. The van der Waals surface area contributed by atoms with Crippen LogP contribution in [0.3, 0.4) is 0 Å². The van der Waals surface area contributed by atoms with Crippen LogP contribution in [-0.2, 0) is 11.2 Å². The Kier molecular flexibility index (Phi) is 5.87. The van der Waals surface area contributed by atoms with E-state index in [0.717, 1.165) is 24.8 Å². The zero-order valence-corrected chi connectivity index (χ0v) is 20.0. The van der Waals surface area contributed by atoms with Gasteiger partial charge in [0, 0.05) is 18.5 Å². The van der Waals surface area contributed by atoms with Crippen LogP contribution in [0.5, 0.6) is 0 Å². The Balaban J connectivity index is 1.57. The van der Waals surface area contributed by atoms with Crippen LogP contribution in [0, 0.1) is 5.41 Å². The van der Waals surface area contributed by atoms with Crippen molar-refractivity contribution < 1.29 is 19.4 Å². The fourth-order valence-corrected chi connectivity index (χ4v) is 5.09. The molecule has 2 aromatic rings. The normalized spacial score (nSPS) is 19.5. The largest absolute Gasteiger partial charge is 0.476 e. The first kappa shape index (κ1) is 22.5. The van der Waals surface area contributed by atoms with Crippen molar-refractivity contribution in [3.8, 4) is 0 Å². The molecule has 1 amide bonds. The first-order valence-electron chi connectivity index (χ1n) is 10.7. The van der Waals surface area contributed by atoms with Gasteiger partial charge in [0.2, 0.25) is 0 Å². The van der Waals surface area contributed by atoms with E-state index >= 15 is 0 Å². The van der Waals surface area contributed by atoms with Crippen molar-refractivity contribution in [1.82, 2.24) is 15.3 Å². The van der Waals surface area contributed by atoms with Crippen LogP contribution >= 0.6 is 15.9 Å². The lowest BCUT2D eigenvalue weighted by atomic mass is 9.72. The van der Waals surface area contributed by atoms with E-state index in [4.69, 9.17) is 4.74 Å². The minimum absolute atomic E-state index is 0.0616. The number of carbonyl (C=O) groups is 2. The summed E-state index contributed by atoms with van der Waals surface area (Å²) in [6, 6.07) is 8.04. The van der Waals surface area contributed by atoms with Crippen molar-refractivity contribution in [2.45, 2.75) is 51.7 Å². The number of fused-ring (bicyclic) bond motifs is 1. The highest BCUT2D eigenvalue weighted by Gasteiger charge is 2.49. The first-order valence-corrected chi connectivity index (χ1v) is 11.5. The van der Waals surface area contributed by atoms with Gasteiger partial charge in [-0.2, -0.15) is 0 Å². The number of anilines is 1. The number of alkyl carbamates (subject to hydrolysis) is 1. The van der Waals surface area contributed by atoms with Crippen molar-refractivity contribution in [3.63, 3.8) is 0 Å². The lowest BCUT2D eigenvalue weighted by molar-refractivity contribution is 0.0427. The molecule has 1 aromatic heterocycles. The van der Waals surface area contributed by atoms with E-state index < -0.39 is 17.7 Å². The van der Waals surface area contributed by atoms with Gasteiger partial charge in [-0.05, 0) is 67.1 Å². The van der Waals surface area contributed by atoms with Gasteiger partial charge in [-0.25, -0.2) is 19.6 Å². The van der Waals surface area contributed by atoms with Gasteiger partial charge in [0.15, 0.2) is 11.5 Å². The SMILES string of the molecule is CC(C)(C)OC(=O)N[C@@H]1c2ccccc2CC12CCN(c1ncc(Br)nc1C(=O)O)CC2. The molecule has 1 atom stereocenters. The van der Waals surface area contributed by atoms with Crippen LogP contribution in [0.4, 0.5) is 10.6 Å². The molecule has 0 radical (unpaired) electrons. The van der Waals surface area contributed by atoms with E-state index in [1.165, 1.54) is 11.8 Å². The summed E-state index contributed by atoms with van der Waals surface area (Å²) in [6.45, 7) is 6.79. The Hall–Kier alpha value is -2.68. The molecule has 1 aromatic carbocycles. The Labute approximate surface area is 195 Å². The molecule has 2 N–H and O–H groups in total. The average Bonchev–Trinajstić information content (AvgIpc) is 3.00. The van der Waals surface area contributed by atoms with E-state index in [9.17, 15) is 14.7 Å². The maximum Gasteiger partial charge on any atom is 0.408 e. The number of benzene rings is 1. The fourth-order valence-electron chi connectivity index (χ4n) is 4.81. The van der Waals surface area contributed by atoms with E-state index in [0.29, 0.717) is 23.5 Å². The van der Waals surface area contributed by atoms with Crippen LogP contribution in [0.25, 0.3) is 0 Å². The third kappa shape index (κ3) is 4.44. The van der Waals surface area contributed by atoms with Crippen LogP contribution < -0.4 is 10.2 Å². The number of amides is 1. The molecule has 170 valence electrons. The molecule has 9 heteroatoms. The molecular formula is C23H27BrN4O4.